The molecule has 36 heavy (non-hydrogen) atoms. The lowest BCUT2D eigenvalue weighted by atomic mass is 9.94. The van der Waals surface area contributed by atoms with Gasteiger partial charge in [0.2, 0.25) is 0 Å². The van der Waals surface area contributed by atoms with Crippen LogP contribution < -0.4 is 9.47 Å². The quantitative estimate of drug-likeness (QED) is 0.227. The molecule has 0 spiro atoms. The second kappa shape index (κ2) is 11.2. The van der Waals surface area contributed by atoms with E-state index in [-0.39, 0.29) is 17.4 Å². The molecule has 192 valence electrons. The van der Waals surface area contributed by atoms with Crippen molar-refractivity contribution in [3.8, 4) is 11.5 Å². The van der Waals surface area contributed by atoms with Crippen LogP contribution in [0.15, 0.2) is 48.0 Å². The van der Waals surface area contributed by atoms with Crippen LogP contribution in [-0.2, 0) is 16.0 Å². The van der Waals surface area contributed by atoms with E-state index in [4.69, 9.17) is 9.47 Å². The van der Waals surface area contributed by atoms with Gasteiger partial charge in [-0.25, -0.2) is 0 Å². The average molecular weight is 493 g/mol. The number of benzene rings is 2. The predicted octanol–water partition coefficient (Wildman–Crippen LogP) is 4.56. The maximum Gasteiger partial charge on any atom is 0.295 e. The van der Waals surface area contributed by atoms with Crippen molar-refractivity contribution in [1.29, 1.82) is 0 Å². The first-order chi connectivity index (χ1) is 17.3. The molecule has 0 radical (unpaired) electrons. The number of unbranched alkanes of at least 4 members (excludes halogenated alkanes) is 2. The van der Waals surface area contributed by atoms with E-state index in [9.17, 15) is 14.7 Å². The summed E-state index contributed by atoms with van der Waals surface area (Å²) in [6.45, 7) is 5.69. The Kier molecular flexibility index (Phi) is 7.99. The van der Waals surface area contributed by atoms with Crippen molar-refractivity contribution < 1.29 is 24.2 Å². The van der Waals surface area contributed by atoms with Gasteiger partial charge in [-0.2, -0.15) is 0 Å². The molecule has 1 amide bonds. The Balaban J connectivity index is 1.74. The minimum atomic E-state index is -0.701. The molecule has 7 nitrogen and oxygen atoms in total. The topological polar surface area (TPSA) is 79.3 Å². The third kappa shape index (κ3) is 5.41. The summed E-state index contributed by atoms with van der Waals surface area (Å²) in [7, 11) is 3.84. The number of likely N-dealkylation sites (N-methyl/N-ethyl adjacent to an activating group) is 1. The molecular formula is C29H36N2O5. The molecule has 1 N–H and O–H groups in total. The monoisotopic (exact) mass is 492 g/mol. The Labute approximate surface area is 213 Å². The zero-order chi connectivity index (χ0) is 25.8. The highest BCUT2D eigenvalue weighted by Gasteiger charge is 2.46. The first-order valence-corrected chi connectivity index (χ1v) is 12.8. The van der Waals surface area contributed by atoms with Crippen molar-refractivity contribution in [2.24, 2.45) is 0 Å². The summed E-state index contributed by atoms with van der Waals surface area (Å²) in [4.78, 5) is 30.0. The van der Waals surface area contributed by atoms with E-state index in [2.05, 4.69) is 6.92 Å². The lowest BCUT2D eigenvalue weighted by Gasteiger charge is -2.27. The van der Waals surface area contributed by atoms with Gasteiger partial charge in [0.25, 0.3) is 11.7 Å². The maximum absolute atomic E-state index is 13.3. The summed E-state index contributed by atoms with van der Waals surface area (Å²) in [5.74, 6) is 0.0363. The summed E-state index contributed by atoms with van der Waals surface area (Å²) in [6, 6.07) is 12.2. The van der Waals surface area contributed by atoms with Crippen LogP contribution >= 0.6 is 0 Å². The summed E-state index contributed by atoms with van der Waals surface area (Å²) >= 11 is 0. The minimum absolute atomic E-state index is 0.0640. The van der Waals surface area contributed by atoms with Gasteiger partial charge in [-0.15, -0.1) is 0 Å². The Morgan fingerprint density at radius 1 is 1.17 bits per heavy atom. The van der Waals surface area contributed by atoms with Crippen molar-refractivity contribution in [2.45, 2.75) is 51.7 Å². The second-order valence-corrected chi connectivity index (χ2v) is 9.88. The largest absolute Gasteiger partial charge is 0.507 e. The lowest BCUT2D eigenvalue weighted by Crippen LogP contribution is -2.35. The number of nitrogens with zero attached hydrogens (tertiary/aromatic N) is 2. The minimum Gasteiger partial charge on any atom is -0.507 e. The van der Waals surface area contributed by atoms with Crippen LogP contribution in [0.3, 0.4) is 0 Å². The van der Waals surface area contributed by atoms with Gasteiger partial charge in [0, 0.05) is 25.1 Å². The summed E-state index contributed by atoms with van der Waals surface area (Å²) < 4.78 is 11.7. The smallest absolute Gasteiger partial charge is 0.295 e. The number of carbonyl (C=O) groups is 2. The van der Waals surface area contributed by atoms with Crippen LogP contribution in [0.1, 0.15) is 55.8 Å². The first-order valence-electron chi connectivity index (χ1n) is 12.8. The number of hydrogen-bond donors (Lipinski definition) is 1. The molecule has 7 heteroatoms. The molecule has 2 aromatic carbocycles. The van der Waals surface area contributed by atoms with Crippen molar-refractivity contribution in [3.63, 3.8) is 0 Å². The molecule has 2 aliphatic rings. The fraction of sp³-hybridized carbons (Fsp3) is 0.448. The molecule has 0 aliphatic carbocycles. The van der Waals surface area contributed by atoms with Crippen molar-refractivity contribution in [1.82, 2.24) is 9.80 Å². The van der Waals surface area contributed by atoms with E-state index in [1.807, 2.05) is 62.3 Å². The number of fused-ring (bicyclic) bond motifs is 1. The average Bonchev–Trinajstić information content (AvgIpc) is 3.35. The van der Waals surface area contributed by atoms with Crippen molar-refractivity contribution in [3.05, 3.63) is 64.7 Å². The number of rotatable bonds is 10. The number of ketones is 1. The molecule has 4 rings (SSSR count). The molecule has 2 aliphatic heterocycles. The van der Waals surface area contributed by atoms with Crippen LogP contribution in [0.4, 0.5) is 0 Å². The summed E-state index contributed by atoms with van der Waals surface area (Å²) in [5, 5.41) is 11.4. The second-order valence-electron chi connectivity index (χ2n) is 9.88. The summed E-state index contributed by atoms with van der Waals surface area (Å²) in [6.07, 6.45) is 3.96. The zero-order valence-electron chi connectivity index (χ0n) is 21.6. The Morgan fingerprint density at radius 3 is 2.72 bits per heavy atom. The van der Waals surface area contributed by atoms with E-state index >= 15 is 0 Å². The van der Waals surface area contributed by atoms with Gasteiger partial charge in [-0.05, 0) is 68.9 Å². The van der Waals surface area contributed by atoms with Gasteiger partial charge in [0.15, 0.2) is 0 Å². The molecule has 1 fully saturated rings. The SMILES string of the molecule is CCCCCOc1cccc([C@@H]2/C(=C(\O)c3ccc4c(c3)C[C@H](C)O4)C(=O)C(=O)N2CCN(C)C)c1. The van der Waals surface area contributed by atoms with Crippen LogP contribution in [0.2, 0.25) is 0 Å². The Bertz CT molecular complexity index is 1160. The lowest BCUT2D eigenvalue weighted by molar-refractivity contribution is -0.140. The number of amides is 1. The van der Waals surface area contributed by atoms with E-state index in [1.165, 1.54) is 0 Å². The van der Waals surface area contributed by atoms with Gasteiger partial charge in [-0.1, -0.05) is 31.9 Å². The molecule has 0 unspecified atom stereocenters. The molecular weight excluding hydrogens is 456 g/mol. The van der Waals surface area contributed by atoms with Gasteiger partial charge in [0.05, 0.1) is 18.2 Å². The van der Waals surface area contributed by atoms with E-state index in [0.29, 0.717) is 31.0 Å². The standard InChI is InChI=1S/C29H36N2O5/c1-5-6-7-15-35-23-10-8-9-20(18-23)26-25(28(33)29(34)31(26)14-13-30(3)4)27(32)21-11-12-24-22(17-21)16-19(2)36-24/h8-12,17-19,26,32H,5-7,13-16H2,1-4H3/b27-25+/t19-,26+/m0/s1. The molecule has 0 aromatic heterocycles. The van der Waals surface area contributed by atoms with E-state index in [1.54, 1.807) is 11.0 Å². The number of likely N-dealkylation sites (tertiary alicyclic amines) is 1. The van der Waals surface area contributed by atoms with Crippen LogP contribution in [0.25, 0.3) is 5.76 Å². The highest BCUT2D eigenvalue weighted by molar-refractivity contribution is 6.46. The normalized spacial score (nSPS) is 20.6. The summed E-state index contributed by atoms with van der Waals surface area (Å²) in [5.41, 5.74) is 2.33. The van der Waals surface area contributed by atoms with Crippen molar-refractivity contribution >= 4 is 17.4 Å². The van der Waals surface area contributed by atoms with Gasteiger partial charge in [0.1, 0.15) is 23.4 Å². The number of hydrogen-bond acceptors (Lipinski definition) is 6. The fourth-order valence-corrected chi connectivity index (χ4v) is 4.81. The number of carbonyl (C=O) groups excluding carboxylic acids is 2. The van der Waals surface area contributed by atoms with E-state index < -0.39 is 17.7 Å². The van der Waals surface area contributed by atoms with Gasteiger partial charge in [-0.3, -0.25) is 9.59 Å². The Hall–Kier alpha value is -3.32. The first kappa shape index (κ1) is 25.8. The highest BCUT2D eigenvalue weighted by atomic mass is 16.5. The van der Waals surface area contributed by atoms with Gasteiger partial charge >= 0.3 is 0 Å². The maximum atomic E-state index is 13.3. The van der Waals surface area contributed by atoms with E-state index in [0.717, 1.165) is 42.6 Å². The molecule has 0 saturated carbocycles. The third-order valence-corrected chi connectivity index (χ3v) is 6.69. The molecule has 1 saturated heterocycles. The number of ether oxygens (including phenoxy) is 2. The van der Waals surface area contributed by atoms with Crippen molar-refractivity contribution in [2.75, 3.05) is 33.8 Å². The molecule has 2 aromatic rings. The molecule has 0 bridgehead atoms. The Morgan fingerprint density at radius 2 is 1.97 bits per heavy atom. The molecule has 2 heterocycles. The van der Waals surface area contributed by atoms with Crippen LogP contribution in [-0.4, -0.2) is 66.5 Å². The fourth-order valence-electron chi connectivity index (χ4n) is 4.81. The number of aliphatic hydroxyl groups is 1. The van der Waals surface area contributed by atoms with Crippen LogP contribution in [0, 0.1) is 0 Å². The van der Waals surface area contributed by atoms with Crippen LogP contribution in [0.5, 0.6) is 11.5 Å². The third-order valence-electron chi connectivity index (χ3n) is 6.69. The number of aliphatic hydroxyl groups excluding tert-OH is 1. The predicted molar refractivity (Wildman–Crippen MR) is 139 cm³/mol. The zero-order valence-corrected chi connectivity index (χ0v) is 21.6. The van der Waals surface area contributed by atoms with Gasteiger partial charge < -0.3 is 24.4 Å². The highest BCUT2D eigenvalue weighted by Crippen LogP contribution is 2.41. The molecule has 2 atom stereocenters. The number of Topliss-reactive ketones (excluding diaryl/α,β-unsaturated/α-hetero) is 1.